The molecule has 1 amide bonds. The van der Waals surface area contributed by atoms with E-state index in [2.05, 4.69) is 29.2 Å². The van der Waals surface area contributed by atoms with Crippen molar-refractivity contribution in [3.63, 3.8) is 0 Å². The van der Waals surface area contributed by atoms with E-state index >= 15 is 0 Å². The van der Waals surface area contributed by atoms with Crippen molar-refractivity contribution in [2.45, 2.75) is 19.9 Å². The number of pyridine rings is 1. The molecule has 0 bridgehead atoms. The quantitative estimate of drug-likeness (QED) is 0.858. The zero-order chi connectivity index (χ0) is 13.1. The van der Waals surface area contributed by atoms with Gasteiger partial charge in [-0.2, -0.15) is 5.10 Å². The number of amides is 1. The van der Waals surface area contributed by atoms with E-state index in [1.54, 1.807) is 18.3 Å². The van der Waals surface area contributed by atoms with Gasteiger partial charge in [-0.1, -0.05) is 0 Å². The molecular formula is C12H15N5O. The normalized spacial score (nSPS) is 10.6. The number of carbonyl (C=O) groups excluding carboxylic acids is 1. The lowest BCUT2D eigenvalue weighted by atomic mass is 10.3. The Balaban J connectivity index is 2.17. The molecule has 0 fully saturated rings. The Morgan fingerprint density at radius 1 is 1.44 bits per heavy atom. The van der Waals surface area contributed by atoms with Crippen LogP contribution in [0.5, 0.6) is 0 Å². The Hall–Kier alpha value is -2.37. The summed E-state index contributed by atoms with van der Waals surface area (Å²) in [6.45, 7) is 4.10. The molecule has 0 aliphatic rings. The number of carbonyl (C=O) groups is 1. The van der Waals surface area contributed by atoms with Gasteiger partial charge in [-0.25, -0.2) is 0 Å². The van der Waals surface area contributed by atoms with Crippen LogP contribution >= 0.6 is 0 Å². The standard InChI is InChI=1S/C12H15N5O/c1-8(2)17-7-10(6-15-17)16-9-3-4-14-11(5-9)12(13)18/h3-8H,1-2H3,(H2,13,18)(H,14,16). The molecule has 0 unspecified atom stereocenters. The third-order valence-corrected chi connectivity index (χ3v) is 2.43. The van der Waals surface area contributed by atoms with E-state index in [4.69, 9.17) is 5.73 Å². The van der Waals surface area contributed by atoms with Crippen LogP contribution in [0.1, 0.15) is 30.4 Å². The maximum Gasteiger partial charge on any atom is 0.267 e. The largest absolute Gasteiger partial charge is 0.364 e. The van der Waals surface area contributed by atoms with Gasteiger partial charge in [0.1, 0.15) is 5.69 Å². The van der Waals surface area contributed by atoms with E-state index in [0.29, 0.717) is 6.04 Å². The molecule has 0 radical (unpaired) electrons. The summed E-state index contributed by atoms with van der Waals surface area (Å²) in [7, 11) is 0. The Bertz CT molecular complexity index is 561. The molecule has 0 saturated heterocycles. The van der Waals surface area contributed by atoms with E-state index < -0.39 is 5.91 Å². The van der Waals surface area contributed by atoms with E-state index in [1.165, 1.54) is 6.20 Å². The van der Waals surface area contributed by atoms with Gasteiger partial charge >= 0.3 is 0 Å². The van der Waals surface area contributed by atoms with Crippen molar-refractivity contribution in [2.24, 2.45) is 5.73 Å². The van der Waals surface area contributed by atoms with Crippen molar-refractivity contribution in [3.8, 4) is 0 Å². The zero-order valence-corrected chi connectivity index (χ0v) is 10.3. The molecule has 0 spiro atoms. The van der Waals surface area contributed by atoms with Crippen LogP contribution in [-0.4, -0.2) is 20.7 Å². The van der Waals surface area contributed by atoms with Crippen molar-refractivity contribution >= 4 is 17.3 Å². The molecule has 6 heteroatoms. The molecule has 0 aromatic carbocycles. The van der Waals surface area contributed by atoms with Crippen LogP contribution in [0.3, 0.4) is 0 Å². The molecule has 6 nitrogen and oxygen atoms in total. The van der Waals surface area contributed by atoms with Crippen LogP contribution in [0.15, 0.2) is 30.7 Å². The summed E-state index contributed by atoms with van der Waals surface area (Å²) in [6.07, 6.45) is 5.16. The van der Waals surface area contributed by atoms with Gasteiger partial charge in [-0.05, 0) is 26.0 Å². The fraction of sp³-hybridized carbons (Fsp3) is 0.250. The van der Waals surface area contributed by atoms with Crippen LogP contribution in [0.4, 0.5) is 11.4 Å². The summed E-state index contributed by atoms with van der Waals surface area (Å²) < 4.78 is 1.85. The topological polar surface area (TPSA) is 85.8 Å². The number of hydrogen-bond acceptors (Lipinski definition) is 4. The van der Waals surface area contributed by atoms with E-state index in [9.17, 15) is 4.79 Å². The summed E-state index contributed by atoms with van der Waals surface area (Å²) in [5.74, 6) is -0.545. The van der Waals surface area contributed by atoms with Gasteiger partial charge in [-0.3, -0.25) is 14.5 Å². The Labute approximate surface area is 105 Å². The first-order valence-electron chi connectivity index (χ1n) is 5.63. The molecular weight excluding hydrogens is 230 g/mol. The first kappa shape index (κ1) is 12.1. The van der Waals surface area contributed by atoms with Crippen molar-refractivity contribution in [1.82, 2.24) is 14.8 Å². The van der Waals surface area contributed by atoms with Gasteiger partial charge in [0.2, 0.25) is 0 Å². The number of nitrogens with one attached hydrogen (secondary N) is 1. The third-order valence-electron chi connectivity index (χ3n) is 2.43. The second-order valence-electron chi connectivity index (χ2n) is 4.22. The van der Waals surface area contributed by atoms with E-state index in [-0.39, 0.29) is 5.69 Å². The number of hydrogen-bond donors (Lipinski definition) is 2. The summed E-state index contributed by atoms with van der Waals surface area (Å²) in [5.41, 5.74) is 7.01. The van der Waals surface area contributed by atoms with Crippen molar-refractivity contribution < 1.29 is 4.79 Å². The van der Waals surface area contributed by atoms with Gasteiger partial charge < -0.3 is 11.1 Å². The summed E-state index contributed by atoms with van der Waals surface area (Å²) in [4.78, 5) is 14.9. The highest BCUT2D eigenvalue weighted by Gasteiger charge is 2.05. The summed E-state index contributed by atoms with van der Waals surface area (Å²) in [5, 5.41) is 7.36. The fourth-order valence-electron chi connectivity index (χ4n) is 1.49. The average molecular weight is 245 g/mol. The minimum absolute atomic E-state index is 0.233. The minimum atomic E-state index is -0.545. The second-order valence-corrected chi connectivity index (χ2v) is 4.22. The highest BCUT2D eigenvalue weighted by atomic mass is 16.1. The second kappa shape index (κ2) is 4.87. The summed E-state index contributed by atoms with van der Waals surface area (Å²) >= 11 is 0. The highest BCUT2D eigenvalue weighted by Crippen LogP contribution is 2.17. The lowest BCUT2D eigenvalue weighted by Crippen LogP contribution is -2.12. The first-order chi connectivity index (χ1) is 8.56. The molecule has 2 aromatic rings. The molecule has 94 valence electrons. The lowest BCUT2D eigenvalue weighted by molar-refractivity contribution is 0.0995. The van der Waals surface area contributed by atoms with Gasteiger partial charge in [0, 0.05) is 24.1 Å². The fourth-order valence-corrected chi connectivity index (χ4v) is 1.49. The van der Waals surface area contributed by atoms with Crippen LogP contribution in [0.25, 0.3) is 0 Å². The number of anilines is 2. The van der Waals surface area contributed by atoms with Crippen LogP contribution in [0, 0.1) is 0 Å². The van der Waals surface area contributed by atoms with Crippen LogP contribution in [-0.2, 0) is 0 Å². The Kier molecular flexibility index (Phi) is 3.27. The number of nitrogens with zero attached hydrogens (tertiary/aromatic N) is 3. The van der Waals surface area contributed by atoms with E-state index in [1.807, 2.05) is 10.9 Å². The predicted octanol–water partition coefficient (Wildman–Crippen LogP) is 1.70. The van der Waals surface area contributed by atoms with Gasteiger partial charge in [-0.15, -0.1) is 0 Å². The number of primary amides is 1. The molecule has 0 aliphatic carbocycles. The van der Waals surface area contributed by atoms with Crippen LogP contribution in [0.2, 0.25) is 0 Å². The Morgan fingerprint density at radius 3 is 2.83 bits per heavy atom. The SMILES string of the molecule is CC(C)n1cc(Nc2ccnc(C(N)=O)c2)cn1. The molecule has 0 aliphatic heterocycles. The molecule has 2 aromatic heterocycles. The highest BCUT2D eigenvalue weighted by molar-refractivity contribution is 5.91. The maximum atomic E-state index is 11.0. The van der Waals surface area contributed by atoms with Crippen molar-refractivity contribution in [3.05, 3.63) is 36.4 Å². The molecule has 0 saturated carbocycles. The number of rotatable bonds is 4. The predicted molar refractivity (Wildman–Crippen MR) is 68.6 cm³/mol. The van der Waals surface area contributed by atoms with Gasteiger partial charge in [0.05, 0.1) is 11.9 Å². The summed E-state index contributed by atoms with van der Waals surface area (Å²) in [6, 6.07) is 3.67. The molecule has 2 rings (SSSR count). The molecule has 18 heavy (non-hydrogen) atoms. The van der Waals surface area contributed by atoms with E-state index in [0.717, 1.165) is 11.4 Å². The van der Waals surface area contributed by atoms with Gasteiger partial charge in [0.15, 0.2) is 0 Å². The number of aromatic nitrogens is 3. The lowest BCUT2D eigenvalue weighted by Gasteiger charge is -2.05. The molecule has 3 N–H and O–H groups in total. The monoisotopic (exact) mass is 245 g/mol. The van der Waals surface area contributed by atoms with Crippen molar-refractivity contribution in [1.29, 1.82) is 0 Å². The van der Waals surface area contributed by atoms with Crippen LogP contribution < -0.4 is 11.1 Å². The maximum absolute atomic E-state index is 11.0. The van der Waals surface area contributed by atoms with Crippen molar-refractivity contribution in [2.75, 3.05) is 5.32 Å². The molecule has 2 heterocycles. The molecule has 0 atom stereocenters. The average Bonchev–Trinajstić information content (AvgIpc) is 2.78. The minimum Gasteiger partial charge on any atom is -0.364 e. The number of nitrogens with two attached hydrogens (primary N) is 1. The Morgan fingerprint density at radius 2 is 2.22 bits per heavy atom. The zero-order valence-electron chi connectivity index (χ0n) is 10.3. The third kappa shape index (κ3) is 2.65. The first-order valence-corrected chi connectivity index (χ1v) is 5.63. The smallest absolute Gasteiger partial charge is 0.267 e. The van der Waals surface area contributed by atoms with Gasteiger partial charge in [0.25, 0.3) is 5.91 Å².